The third kappa shape index (κ3) is 2.69. The van der Waals surface area contributed by atoms with E-state index in [1.807, 2.05) is 6.92 Å². The van der Waals surface area contributed by atoms with Crippen LogP contribution in [-0.4, -0.2) is 24.2 Å². The first-order valence-electron chi connectivity index (χ1n) is 7.50. The van der Waals surface area contributed by atoms with Gasteiger partial charge in [-0.2, -0.15) is 0 Å². The fourth-order valence-electron chi connectivity index (χ4n) is 2.99. The molecule has 2 unspecified atom stereocenters. The van der Waals surface area contributed by atoms with E-state index < -0.39 is 0 Å². The molecule has 2 heterocycles. The lowest BCUT2D eigenvalue weighted by atomic mass is 9.97. The minimum Gasteiger partial charge on any atom is -0.376 e. The molecule has 106 valence electrons. The second-order valence-corrected chi connectivity index (χ2v) is 5.49. The van der Waals surface area contributed by atoms with Crippen LogP contribution in [0.1, 0.15) is 37.1 Å². The molecule has 3 heteroatoms. The topological polar surface area (TPSA) is 34.2 Å². The Hall–Kier alpha value is -1.45. The minimum absolute atomic E-state index is 0.285. The van der Waals surface area contributed by atoms with Crippen molar-refractivity contribution >= 4 is 10.9 Å². The molecular formula is C17H22N2O. The summed E-state index contributed by atoms with van der Waals surface area (Å²) >= 11 is 0. The maximum Gasteiger partial charge on any atom is 0.0770 e. The molecule has 1 saturated heterocycles. The van der Waals surface area contributed by atoms with Gasteiger partial charge in [-0.3, -0.25) is 4.98 Å². The average molecular weight is 270 g/mol. The highest BCUT2D eigenvalue weighted by Crippen LogP contribution is 2.28. The Morgan fingerprint density at radius 2 is 2.25 bits per heavy atom. The summed E-state index contributed by atoms with van der Waals surface area (Å²) in [6.45, 7) is 6.02. The number of nitrogens with zero attached hydrogens (tertiary/aromatic N) is 1. The largest absolute Gasteiger partial charge is 0.376 e. The molecule has 1 aromatic carbocycles. The van der Waals surface area contributed by atoms with Crippen LogP contribution in [0.15, 0.2) is 30.3 Å². The van der Waals surface area contributed by atoms with E-state index in [1.54, 1.807) is 0 Å². The summed E-state index contributed by atoms with van der Waals surface area (Å²) in [6.07, 6.45) is 2.61. The summed E-state index contributed by atoms with van der Waals surface area (Å²) < 4.78 is 5.88. The van der Waals surface area contributed by atoms with Gasteiger partial charge in [0.2, 0.25) is 0 Å². The summed E-state index contributed by atoms with van der Waals surface area (Å²) in [4.78, 5) is 4.57. The van der Waals surface area contributed by atoms with Crippen LogP contribution < -0.4 is 5.32 Å². The van der Waals surface area contributed by atoms with Crippen LogP contribution in [0.4, 0.5) is 0 Å². The lowest BCUT2D eigenvalue weighted by Crippen LogP contribution is -2.31. The Morgan fingerprint density at radius 1 is 1.35 bits per heavy atom. The van der Waals surface area contributed by atoms with Crippen molar-refractivity contribution in [1.29, 1.82) is 0 Å². The maximum atomic E-state index is 5.88. The van der Waals surface area contributed by atoms with Gasteiger partial charge in [-0.15, -0.1) is 0 Å². The van der Waals surface area contributed by atoms with Crippen molar-refractivity contribution in [3.05, 3.63) is 41.6 Å². The van der Waals surface area contributed by atoms with E-state index in [0.717, 1.165) is 30.8 Å². The number of nitrogens with one attached hydrogen (secondary N) is 1. The minimum atomic E-state index is 0.285. The third-order valence-corrected chi connectivity index (χ3v) is 3.97. The van der Waals surface area contributed by atoms with Crippen LogP contribution in [0.2, 0.25) is 0 Å². The van der Waals surface area contributed by atoms with Crippen LogP contribution >= 0.6 is 0 Å². The van der Waals surface area contributed by atoms with Crippen molar-refractivity contribution in [1.82, 2.24) is 10.3 Å². The molecule has 20 heavy (non-hydrogen) atoms. The summed E-state index contributed by atoms with van der Waals surface area (Å²) in [5.74, 6) is 0. The SMILES string of the molecule is CCNC(c1ccc2nc(C)ccc2c1)C1CCCO1. The number of ether oxygens (including phenoxy) is 1. The van der Waals surface area contributed by atoms with E-state index in [-0.39, 0.29) is 6.04 Å². The molecule has 0 amide bonds. The summed E-state index contributed by atoms with van der Waals surface area (Å²) in [6, 6.07) is 11.1. The molecule has 2 aromatic rings. The van der Waals surface area contributed by atoms with Crippen molar-refractivity contribution < 1.29 is 4.74 Å². The van der Waals surface area contributed by atoms with Gasteiger partial charge >= 0.3 is 0 Å². The molecule has 0 saturated carbocycles. The molecule has 1 aliphatic heterocycles. The molecule has 1 aliphatic rings. The predicted octanol–water partition coefficient (Wildman–Crippen LogP) is 3.37. The van der Waals surface area contributed by atoms with Crippen molar-refractivity contribution in [3.63, 3.8) is 0 Å². The van der Waals surface area contributed by atoms with E-state index in [2.05, 4.69) is 47.6 Å². The first-order valence-corrected chi connectivity index (χ1v) is 7.50. The Morgan fingerprint density at radius 3 is 3.00 bits per heavy atom. The quantitative estimate of drug-likeness (QED) is 0.925. The van der Waals surface area contributed by atoms with E-state index in [9.17, 15) is 0 Å². The summed E-state index contributed by atoms with van der Waals surface area (Å²) in [5.41, 5.74) is 3.43. The number of fused-ring (bicyclic) bond motifs is 1. The van der Waals surface area contributed by atoms with Gasteiger partial charge in [-0.05, 0) is 50.1 Å². The molecule has 1 aromatic heterocycles. The molecule has 0 bridgehead atoms. The van der Waals surface area contributed by atoms with Crippen LogP contribution in [0, 0.1) is 6.92 Å². The molecule has 0 aliphatic carbocycles. The molecule has 3 rings (SSSR count). The summed E-state index contributed by atoms with van der Waals surface area (Å²) in [5, 5.41) is 4.77. The normalized spacial score (nSPS) is 20.4. The fourth-order valence-corrected chi connectivity index (χ4v) is 2.99. The third-order valence-electron chi connectivity index (χ3n) is 3.97. The molecule has 1 N–H and O–H groups in total. The molecule has 1 fully saturated rings. The second-order valence-electron chi connectivity index (χ2n) is 5.49. The highest BCUT2D eigenvalue weighted by Gasteiger charge is 2.26. The maximum absolute atomic E-state index is 5.88. The number of pyridine rings is 1. The first kappa shape index (κ1) is 13.5. The zero-order chi connectivity index (χ0) is 13.9. The highest BCUT2D eigenvalue weighted by atomic mass is 16.5. The smallest absolute Gasteiger partial charge is 0.0770 e. The van der Waals surface area contributed by atoms with E-state index >= 15 is 0 Å². The van der Waals surface area contributed by atoms with E-state index in [1.165, 1.54) is 17.4 Å². The predicted molar refractivity (Wildman–Crippen MR) is 81.9 cm³/mol. The number of hydrogen-bond acceptors (Lipinski definition) is 3. The Bertz CT molecular complexity index is 591. The standard InChI is InChI=1S/C17H22N2O/c1-3-18-17(16-5-4-10-20-16)14-8-9-15-13(11-14)7-6-12(2)19-15/h6-9,11,16-18H,3-5,10H2,1-2H3. The van der Waals surface area contributed by atoms with Crippen LogP contribution in [0.25, 0.3) is 10.9 Å². The number of rotatable bonds is 4. The zero-order valence-electron chi connectivity index (χ0n) is 12.2. The van der Waals surface area contributed by atoms with Crippen molar-refractivity contribution in [2.45, 2.75) is 38.8 Å². The van der Waals surface area contributed by atoms with E-state index in [4.69, 9.17) is 4.74 Å². The first-order chi connectivity index (χ1) is 9.78. The van der Waals surface area contributed by atoms with Gasteiger partial charge in [0.15, 0.2) is 0 Å². The van der Waals surface area contributed by atoms with Crippen LogP contribution in [0.3, 0.4) is 0 Å². The van der Waals surface area contributed by atoms with Crippen molar-refractivity contribution in [2.24, 2.45) is 0 Å². The van der Waals surface area contributed by atoms with Crippen molar-refractivity contribution in [3.8, 4) is 0 Å². The monoisotopic (exact) mass is 270 g/mol. The highest BCUT2D eigenvalue weighted by molar-refractivity contribution is 5.79. The fraction of sp³-hybridized carbons (Fsp3) is 0.471. The van der Waals surface area contributed by atoms with Gasteiger partial charge in [0, 0.05) is 17.7 Å². The average Bonchev–Trinajstić information content (AvgIpc) is 2.98. The number of benzene rings is 1. The van der Waals surface area contributed by atoms with Gasteiger partial charge in [0.25, 0.3) is 0 Å². The van der Waals surface area contributed by atoms with Crippen LogP contribution in [0.5, 0.6) is 0 Å². The number of likely N-dealkylation sites (N-methyl/N-ethyl adjacent to an activating group) is 1. The summed E-state index contributed by atoms with van der Waals surface area (Å²) in [7, 11) is 0. The molecule has 2 atom stereocenters. The number of hydrogen-bond donors (Lipinski definition) is 1. The lowest BCUT2D eigenvalue weighted by molar-refractivity contribution is 0.0788. The molecular weight excluding hydrogens is 248 g/mol. The van der Waals surface area contributed by atoms with Gasteiger partial charge in [0.05, 0.1) is 17.7 Å². The van der Waals surface area contributed by atoms with Gasteiger partial charge in [-0.1, -0.05) is 19.1 Å². The van der Waals surface area contributed by atoms with Gasteiger partial charge in [-0.25, -0.2) is 0 Å². The second kappa shape index (κ2) is 5.90. The van der Waals surface area contributed by atoms with Gasteiger partial charge in [0.1, 0.15) is 0 Å². The number of aromatic nitrogens is 1. The van der Waals surface area contributed by atoms with E-state index in [0.29, 0.717) is 6.10 Å². The van der Waals surface area contributed by atoms with Gasteiger partial charge < -0.3 is 10.1 Å². The van der Waals surface area contributed by atoms with Crippen molar-refractivity contribution in [2.75, 3.05) is 13.2 Å². The molecule has 0 spiro atoms. The molecule has 3 nitrogen and oxygen atoms in total. The Kier molecular flexibility index (Phi) is 3.99. The Labute approximate surface area is 120 Å². The zero-order valence-corrected chi connectivity index (χ0v) is 12.2. The molecule has 0 radical (unpaired) electrons. The number of aryl methyl sites for hydroxylation is 1. The van der Waals surface area contributed by atoms with Crippen LogP contribution in [-0.2, 0) is 4.74 Å². The lowest BCUT2D eigenvalue weighted by Gasteiger charge is -2.24. The Balaban J connectivity index is 1.95.